The maximum absolute atomic E-state index is 5.73. The van der Waals surface area contributed by atoms with Crippen molar-refractivity contribution in [2.75, 3.05) is 42.5 Å². The van der Waals surface area contributed by atoms with Crippen LogP contribution in [0.5, 0.6) is 0 Å². The minimum absolute atomic E-state index is 0.608. The van der Waals surface area contributed by atoms with E-state index in [1.54, 1.807) is 6.33 Å². The van der Waals surface area contributed by atoms with Crippen molar-refractivity contribution in [2.45, 2.75) is 20.3 Å². The second-order valence-corrected chi connectivity index (χ2v) is 4.74. The van der Waals surface area contributed by atoms with Gasteiger partial charge >= 0.3 is 0 Å². The van der Waals surface area contributed by atoms with Gasteiger partial charge in [-0.05, 0) is 32.7 Å². The van der Waals surface area contributed by atoms with Gasteiger partial charge in [0.2, 0.25) is 0 Å². The normalized spacial score (nSPS) is 19.3. The van der Waals surface area contributed by atoms with Crippen LogP contribution in [0.25, 0.3) is 0 Å². The summed E-state index contributed by atoms with van der Waals surface area (Å²) in [7, 11) is 0. The summed E-state index contributed by atoms with van der Waals surface area (Å²) in [6.07, 6.45) is 2.83. The lowest BCUT2D eigenvalue weighted by Gasteiger charge is -2.22. The number of aromatic nitrogens is 2. The second kappa shape index (κ2) is 6.00. The molecule has 2 N–H and O–H groups in total. The molecule has 100 valence electrons. The zero-order chi connectivity index (χ0) is 13.0. The molecule has 5 nitrogen and oxygen atoms in total. The van der Waals surface area contributed by atoms with Crippen LogP contribution < -0.4 is 15.5 Å². The van der Waals surface area contributed by atoms with Gasteiger partial charge < -0.3 is 15.5 Å². The van der Waals surface area contributed by atoms with E-state index >= 15 is 0 Å². The van der Waals surface area contributed by atoms with Crippen LogP contribution in [-0.2, 0) is 0 Å². The summed E-state index contributed by atoms with van der Waals surface area (Å²) < 4.78 is 0. The molecule has 0 amide bonds. The third kappa shape index (κ3) is 2.72. The summed E-state index contributed by atoms with van der Waals surface area (Å²) in [6.45, 7) is 9.07. The Kier molecular flexibility index (Phi) is 4.36. The molecule has 0 saturated carbocycles. The predicted molar refractivity (Wildman–Crippen MR) is 75.0 cm³/mol. The molecule has 0 radical (unpaired) electrons. The highest BCUT2D eigenvalue weighted by Gasteiger charge is 2.22. The number of hydrogen-bond donors (Lipinski definition) is 1. The van der Waals surface area contributed by atoms with Crippen LogP contribution in [0.3, 0.4) is 0 Å². The standard InChI is InChI=1S/C13H23N5/c1-3-17(4-2)12-7-13(16-10-15-12)18-6-5-11(8-14)9-18/h7,10-11H,3-6,8-9,14H2,1-2H3. The molecule has 1 aliphatic heterocycles. The van der Waals surface area contributed by atoms with Crippen molar-refractivity contribution in [1.82, 2.24) is 9.97 Å². The van der Waals surface area contributed by atoms with Gasteiger partial charge in [0.25, 0.3) is 0 Å². The van der Waals surface area contributed by atoms with Gasteiger partial charge in [0.1, 0.15) is 18.0 Å². The van der Waals surface area contributed by atoms with E-state index in [-0.39, 0.29) is 0 Å². The summed E-state index contributed by atoms with van der Waals surface area (Å²) in [5, 5.41) is 0. The summed E-state index contributed by atoms with van der Waals surface area (Å²) >= 11 is 0. The van der Waals surface area contributed by atoms with Gasteiger partial charge in [-0.3, -0.25) is 0 Å². The Morgan fingerprint density at radius 3 is 2.78 bits per heavy atom. The van der Waals surface area contributed by atoms with Crippen LogP contribution in [0.15, 0.2) is 12.4 Å². The van der Waals surface area contributed by atoms with Crippen molar-refractivity contribution in [1.29, 1.82) is 0 Å². The van der Waals surface area contributed by atoms with E-state index in [0.29, 0.717) is 5.92 Å². The summed E-state index contributed by atoms with van der Waals surface area (Å²) in [5.41, 5.74) is 5.73. The Labute approximate surface area is 109 Å². The van der Waals surface area contributed by atoms with Crippen LogP contribution in [-0.4, -0.2) is 42.7 Å². The Bertz CT molecular complexity index is 377. The first-order chi connectivity index (χ1) is 8.78. The highest BCUT2D eigenvalue weighted by atomic mass is 15.2. The summed E-state index contributed by atoms with van der Waals surface area (Å²) in [6, 6.07) is 2.09. The van der Waals surface area contributed by atoms with Crippen molar-refractivity contribution in [3.05, 3.63) is 12.4 Å². The maximum Gasteiger partial charge on any atom is 0.134 e. The van der Waals surface area contributed by atoms with E-state index in [1.165, 1.54) is 6.42 Å². The van der Waals surface area contributed by atoms with Crippen molar-refractivity contribution >= 4 is 11.6 Å². The molecule has 2 heterocycles. The maximum atomic E-state index is 5.73. The Morgan fingerprint density at radius 1 is 1.39 bits per heavy atom. The van der Waals surface area contributed by atoms with Crippen LogP contribution >= 0.6 is 0 Å². The van der Waals surface area contributed by atoms with Gasteiger partial charge in [0, 0.05) is 32.2 Å². The van der Waals surface area contributed by atoms with E-state index in [4.69, 9.17) is 5.73 Å². The number of hydrogen-bond acceptors (Lipinski definition) is 5. The first-order valence-electron chi connectivity index (χ1n) is 6.80. The third-order valence-corrected chi connectivity index (χ3v) is 3.67. The number of rotatable bonds is 5. The summed E-state index contributed by atoms with van der Waals surface area (Å²) in [5.74, 6) is 2.65. The summed E-state index contributed by atoms with van der Waals surface area (Å²) in [4.78, 5) is 13.3. The molecule has 1 aromatic rings. The van der Waals surface area contributed by atoms with Gasteiger partial charge in [-0.15, -0.1) is 0 Å². The predicted octanol–water partition coefficient (Wildman–Crippen LogP) is 1.11. The average molecular weight is 249 g/mol. The van der Waals surface area contributed by atoms with Gasteiger partial charge in [-0.25, -0.2) is 9.97 Å². The molecule has 0 aliphatic carbocycles. The molecule has 5 heteroatoms. The molecule has 1 fully saturated rings. The average Bonchev–Trinajstić information content (AvgIpc) is 2.89. The van der Waals surface area contributed by atoms with Crippen molar-refractivity contribution in [3.8, 4) is 0 Å². The Hall–Kier alpha value is -1.36. The smallest absolute Gasteiger partial charge is 0.134 e. The first-order valence-corrected chi connectivity index (χ1v) is 6.80. The molecule has 1 aliphatic rings. The number of nitrogens with two attached hydrogens (primary N) is 1. The Balaban J connectivity index is 2.12. The molecule has 1 atom stereocenters. The zero-order valence-corrected chi connectivity index (χ0v) is 11.3. The van der Waals surface area contributed by atoms with E-state index < -0.39 is 0 Å². The van der Waals surface area contributed by atoms with Crippen molar-refractivity contribution in [2.24, 2.45) is 11.7 Å². The minimum atomic E-state index is 0.608. The van der Waals surface area contributed by atoms with Gasteiger partial charge in [0.15, 0.2) is 0 Å². The van der Waals surface area contributed by atoms with Crippen LogP contribution in [0.1, 0.15) is 20.3 Å². The van der Waals surface area contributed by atoms with E-state index in [0.717, 1.165) is 44.4 Å². The van der Waals surface area contributed by atoms with E-state index in [2.05, 4.69) is 39.7 Å². The number of anilines is 2. The van der Waals surface area contributed by atoms with E-state index in [1.807, 2.05) is 0 Å². The minimum Gasteiger partial charge on any atom is -0.357 e. The molecule has 2 rings (SSSR count). The van der Waals surface area contributed by atoms with Crippen molar-refractivity contribution in [3.63, 3.8) is 0 Å². The quantitative estimate of drug-likeness (QED) is 0.847. The van der Waals surface area contributed by atoms with Gasteiger partial charge in [0.05, 0.1) is 0 Å². The Morgan fingerprint density at radius 2 is 2.17 bits per heavy atom. The van der Waals surface area contributed by atoms with E-state index in [9.17, 15) is 0 Å². The van der Waals surface area contributed by atoms with Gasteiger partial charge in [-0.2, -0.15) is 0 Å². The molecule has 0 aromatic carbocycles. The molecule has 1 aromatic heterocycles. The highest BCUT2D eigenvalue weighted by Crippen LogP contribution is 2.23. The second-order valence-electron chi connectivity index (χ2n) is 4.74. The third-order valence-electron chi connectivity index (χ3n) is 3.67. The fraction of sp³-hybridized carbons (Fsp3) is 0.692. The topological polar surface area (TPSA) is 58.3 Å². The fourth-order valence-electron chi connectivity index (χ4n) is 2.46. The molecule has 1 unspecified atom stereocenters. The molecule has 1 saturated heterocycles. The molecule has 0 spiro atoms. The lowest BCUT2D eigenvalue weighted by Crippen LogP contribution is -2.26. The zero-order valence-electron chi connectivity index (χ0n) is 11.3. The molecule has 18 heavy (non-hydrogen) atoms. The molecular formula is C13H23N5. The fourth-order valence-corrected chi connectivity index (χ4v) is 2.46. The first kappa shape index (κ1) is 13.1. The van der Waals surface area contributed by atoms with Crippen LogP contribution in [0.2, 0.25) is 0 Å². The van der Waals surface area contributed by atoms with Gasteiger partial charge in [-0.1, -0.05) is 0 Å². The van der Waals surface area contributed by atoms with Crippen LogP contribution in [0, 0.1) is 5.92 Å². The van der Waals surface area contributed by atoms with Crippen molar-refractivity contribution < 1.29 is 0 Å². The monoisotopic (exact) mass is 249 g/mol. The number of nitrogens with zero attached hydrogens (tertiary/aromatic N) is 4. The largest absolute Gasteiger partial charge is 0.357 e. The van der Waals surface area contributed by atoms with Crippen LogP contribution in [0.4, 0.5) is 11.6 Å². The molecular weight excluding hydrogens is 226 g/mol. The highest BCUT2D eigenvalue weighted by molar-refractivity contribution is 5.50. The lowest BCUT2D eigenvalue weighted by atomic mass is 10.1. The SMILES string of the molecule is CCN(CC)c1cc(N2CCC(CN)C2)ncn1. The lowest BCUT2D eigenvalue weighted by molar-refractivity contribution is 0.602. The molecule has 0 bridgehead atoms.